The van der Waals surface area contributed by atoms with Crippen LogP contribution in [-0.2, 0) is 0 Å². The van der Waals surface area contributed by atoms with Crippen LogP contribution in [0, 0.1) is 17.8 Å². The lowest BCUT2D eigenvalue weighted by Gasteiger charge is -2.50. The van der Waals surface area contributed by atoms with E-state index in [9.17, 15) is 0 Å². The SMILES string of the molecule is CC(C)C1CCC(CN)(N2CCC(CN(C)C)CC2)CC1. The summed E-state index contributed by atoms with van der Waals surface area (Å²) in [5.74, 6) is 2.65. The van der Waals surface area contributed by atoms with Gasteiger partial charge in [-0.2, -0.15) is 0 Å². The Balaban J connectivity index is 1.88. The van der Waals surface area contributed by atoms with E-state index in [0.29, 0.717) is 5.54 Å². The number of nitrogens with zero attached hydrogens (tertiary/aromatic N) is 2. The van der Waals surface area contributed by atoms with E-state index in [1.165, 1.54) is 58.2 Å². The van der Waals surface area contributed by atoms with Crippen LogP contribution in [0.25, 0.3) is 0 Å². The third kappa shape index (κ3) is 4.20. The molecule has 0 unspecified atom stereocenters. The van der Waals surface area contributed by atoms with Gasteiger partial charge in [-0.15, -0.1) is 0 Å². The van der Waals surface area contributed by atoms with Gasteiger partial charge in [0.25, 0.3) is 0 Å². The van der Waals surface area contributed by atoms with Crippen molar-refractivity contribution in [3.05, 3.63) is 0 Å². The first-order chi connectivity index (χ1) is 9.97. The van der Waals surface area contributed by atoms with Crippen LogP contribution >= 0.6 is 0 Å². The maximum absolute atomic E-state index is 6.26. The number of rotatable bonds is 5. The molecule has 3 nitrogen and oxygen atoms in total. The summed E-state index contributed by atoms with van der Waals surface area (Å²) in [6.07, 6.45) is 8.12. The van der Waals surface area contributed by atoms with Crippen molar-refractivity contribution in [2.75, 3.05) is 40.3 Å². The molecule has 3 heteroatoms. The highest BCUT2D eigenvalue weighted by Gasteiger charge is 2.40. The van der Waals surface area contributed by atoms with Gasteiger partial charge in [0, 0.05) is 18.6 Å². The van der Waals surface area contributed by atoms with Gasteiger partial charge in [0.2, 0.25) is 0 Å². The summed E-state index contributed by atoms with van der Waals surface area (Å²) in [5, 5.41) is 0. The fourth-order valence-corrected chi connectivity index (χ4v) is 4.60. The maximum atomic E-state index is 6.26. The van der Waals surface area contributed by atoms with Gasteiger partial charge < -0.3 is 10.6 Å². The third-order valence-electron chi connectivity index (χ3n) is 6.19. The van der Waals surface area contributed by atoms with Gasteiger partial charge in [0.1, 0.15) is 0 Å². The van der Waals surface area contributed by atoms with Crippen molar-refractivity contribution < 1.29 is 0 Å². The highest BCUT2D eigenvalue weighted by Crippen LogP contribution is 2.40. The summed E-state index contributed by atoms with van der Waals surface area (Å²) >= 11 is 0. The quantitative estimate of drug-likeness (QED) is 0.846. The Labute approximate surface area is 132 Å². The van der Waals surface area contributed by atoms with Crippen LogP contribution in [0.5, 0.6) is 0 Å². The lowest BCUT2D eigenvalue weighted by molar-refractivity contribution is 0.00760. The number of piperidine rings is 1. The minimum absolute atomic E-state index is 0.328. The number of nitrogens with two attached hydrogens (primary N) is 1. The van der Waals surface area contributed by atoms with E-state index in [2.05, 4.69) is 37.7 Å². The average Bonchev–Trinajstić information content (AvgIpc) is 2.47. The topological polar surface area (TPSA) is 32.5 Å². The van der Waals surface area contributed by atoms with Gasteiger partial charge in [-0.25, -0.2) is 0 Å². The van der Waals surface area contributed by atoms with E-state index < -0.39 is 0 Å². The first-order valence-corrected chi connectivity index (χ1v) is 9.06. The Hall–Kier alpha value is -0.120. The van der Waals surface area contributed by atoms with Crippen LogP contribution < -0.4 is 5.73 Å². The fraction of sp³-hybridized carbons (Fsp3) is 1.00. The van der Waals surface area contributed by atoms with Crippen molar-refractivity contribution in [2.45, 2.75) is 57.9 Å². The summed E-state index contributed by atoms with van der Waals surface area (Å²) in [5.41, 5.74) is 6.58. The van der Waals surface area contributed by atoms with Crippen molar-refractivity contribution in [2.24, 2.45) is 23.5 Å². The van der Waals surface area contributed by atoms with E-state index in [4.69, 9.17) is 5.73 Å². The molecule has 2 fully saturated rings. The van der Waals surface area contributed by atoms with Gasteiger partial charge in [-0.1, -0.05) is 13.8 Å². The molecule has 0 spiro atoms. The zero-order valence-corrected chi connectivity index (χ0v) is 14.8. The molecule has 0 radical (unpaired) electrons. The molecule has 21 heavy (non-hydrogen) atoms. The van der Waals surface area contributed by atoms with Crippen LogP contribution in [0.15, 0.2) is 0 Å². The zero-order valence-electron chi connectivity index (χ0n) is 14.8. The van der Waals surface area contributed by atoms with Crippen molar-refractivity contribution >= 4 is 0 Å². The summed E-state index contributed by atoms with van der Waals surface area (Å²) in [7, 11) is 4.39. The van der Waals surface area contributed by atoms with Crippen LogP contribution in [0.4, 0.5) is 0 Å². The van der Waals surface area contributed by atoms with Gasteiger partial charge in [0.15, 0.2) is 0 Å². The van der Waals surface area contributed by atoms with E-state index in [1.807, 2.05) is 0 Å². The molecule has 0 aromatic carbocycles. The molecule has 2 rings (SSSR count). The minimum Gasteiger partial charge on any atom is -0.329 e. The highest BCUT2D eigenvalue weighted by molar-refractivity contribution is 4.97. The van der Waals surface area contributed by atoms with Crippen LogP contribution in [0.1, 0.15) is 52.4 Å². The predicted octanol–water partition coefficient (Wildman–Crippen LogP) is 2.80. The van der Waals surface area contributed by atoms with Crippen LogP contribution in [0.3, 0.4) is 0 Å². The molecule has 0 aromatic rings. The van der Waals surface area contributed by atoms with E-state index in [1.54, 1.807) is 0 Å². The second-order valence-electron chi connectivity index (χ2n) is 8.20. The molecule has 0 bridgehead atoms. The zero-order chi connectivity index (χ0) is 15.5. The molecule has 1 aliphatic heterocycles. The first-order valence-electron chi connectivity index (χ1n) is 9.06. The monoisotopic (exact) mass is 295 g/mol. The number of likely N-dealkylation sites (tertiary alicyclic amines) is 1. The van der Waals surface area contributed by atoms with Crippen molar-refractivity contribution in [3.63, 3.8) is 0 Å². The normalized spacial score (nSPS) is 33.0. The summed E-state index contributed by atoms with van der Waals surface area (Å²) < 4.78 is 0. The number of hydrogen-bond donors (Lipinski definition) is 1. The first kappa shape index (κ1) is 17.2. The smallest absolute Gasteiger partial charge is 0.0331 e. The van der Waals surface area contributed by atoms with Gasteiger partial charge in [-0.05, 0) is 83.5 Å². The van der Waals surface area contributed by atoms with E-state index in [0.717, 1.165) is 24.3 Å². The Morgan fingerprint density at radius 1 is 1.10 bits per heavy atom. The summed E-state index contributed by atoms with van der Waals surface area (Å²) in [6, 6.07) is 0. The molecule has 124 valence electrons. The van der Waals surface area contributed by atoms with Crippen molar-refractivity contribution in [1.82, 2.24) is 9.80 Å². The molecule has 0 amide bonds. The summed E-state index contributed by atoms with van der Waals surface area (Å²) in [6.45, 7) is 9.40. The Morgan fingerprint density at radius 3 is 2.10 bits per heavy atom. The molecule has 1 saturated heterocycles. The van der Waals surface area contributed by atoms with E-state index in [-0.39, 0.29) is 0 Å². The molecule has 0 aromatic heterocycles. The van der Waals surface area contributed by atoms with Gasteiger partial charge >= 0.3 is 0 Å². The average molecular weight is 296 g/mol. The van der Waals surface area contributed by atoms with Gasteiger partial charge in [-0.3, -0.25) is 4.90 Å². The number of hydrogen-bond acceptors (Lipinski definition) is 3. The molecule has 0 atom stereocenters. The predicted molar refractivity (Wildman–Crippen MR) is 91.4 cm³/mol. The molecule has 1 saturated carbocycles. The molecule has 2 aliphatic rings. The standard InChI is InChI=1S/C18H37N3/c1-15(2)17-5-9-18(14-19,10-6-17)21-11-7-16(8-12-21)13-20(3)4/h15-17H,5-14,19H2,1-4H3. The van der Waals surface area contributed by atoms with E-state index >= 15 is 0 Å². The second kappa shape index (κ2) is 7.43. The molecule has 2 N–H and O–H groups in total. The Kier molecular flexibility index (Phi) is 6.10. The van der Waals surface area contributed by atoms with Gasteiger partial charge in [0.05, 0.1) is 0 Å². The Morgan fingerprint density at radius 2 is 1.67 bits per heavy atom. The van der Waals surface area contributed by atoms with Crippen LogP contribution in [-0.4, -0.2) is 55.6 Å². The minimum atomic E-state index is 0.328. The largest absolute Gasteiger partial charge is 0.329 e. The molecule has 1 aliphatic carbocycles. The second-order valence-corrected chi connectivity index (χ2v) is 8.20. The maximum Gasteiger partial charge on any atom is 0.0331 e. The molecular weight excluding hydrogens is 258 g/mol. The lowest BCUT2D eigenvalue weighted by atomic mass is 9.71. The Bertz CT molecular complexity index is 298. The molecule has 1 heterocycles. The summed E-state index contributed by atoms with van der Waals surface area (Å²) in [4.78, 5) is 5.10. The van der Waals surface area contributed by atoms with Crippen molar-refractivity contribution in [1.29, 1.82) is 0 Å². The fourth-order valence-electron chi connectivity index (χ4n) is 4.60. The van der Waals surface area contributed by atoms with Crippen molar-refractivity contribution in [3.8, 4) is 0 Å². The molecular formula is C18H37N3. The highest BCUT2D eigenvalue weighted by atomic mass is 15.2. The van der Waals surface area contributed by atoms with Crippen LogP contribution in [0.2, 0.25) is 0 Å². The lowest BCUT2D eigenvalue weighted by Crippen LogP contribution is -2.58. The third-order valence-corrected chi connectivity index (χ3v) is 6.19.